The summed E-state index contributed by atoms with van der Waals surface area (Å²) in [5, 5.41) is 0. The number of rotatable bonds is 5. The Kier molecular flexibility index (Phi) is 4.51. The molecule has 1 aromatic rings. The molecule has 0 aliphatic heterocycles. The molecule has 1 amide bonds. The van der Waals surface area contributed by atoms with Crippen LogP contribution in [0.5, 0.6) is 0 Å². The molecule has 4 heteroatoms. The van der Waals surface area contributed by atoms with Gasteiger partial charge in [0.2, 0.25) is 5.56 Å². The highest BCUT2D eigenvalue weighted by Crippen LogP contribution is 2.02. The van der Waals surface area contributed by atoms with Crippen LogP contribution in [0.4, 0.5) is 0 Å². The topological polar surface area (TPSA) is 53.2 Å². The first-order valence-corrected chi connectivity index (χ1v) is 5.28. The molecule has 0 bridgehead atoms. The van der Waals surface area contributed by atoms with Crippen molar-refractivity contribution in [3.63, 3.8) is 0 Å². The van der Waals surface area contributed by atoms with Crippen LogP contribution in [0.25, 0.3) is 0 Å². The lowest BCUT2D eigenvalue weighted by Crippen LogP contribution is -2.32. The molecular weight excluding hydrogens is 204 g/mol. The van der Waals surface area contributed by atoms with Crippen molar-refractivity contribution < 1.29 is 4.79 Å². The van der Waals surface area contributed by atoms with Crippen LogP contribution in [0.3, 0.4) is 0 Å². The molecular formula is C12H16N2O2. The molecule has 16 heavy (non-hydrogen) atoms. The number of hydrogen-bond acceptors (Lipinski definition) is 2. The summed E-state index contributed by atoms with van der Waals surface area (Å²) in [6, 6.07) is 2.89. The Morgan fingerprint density at radius 1 is 1.56 bits per heavy atom. The maximum absolute atomic E-state index is 12.0. The van der Waals surface area contributed by atoms with E-state index in [1.165, 1.54) is 18.3 Å². The van der Waals surface area contributed by atoms with E-state index in [2.05, 4.69) is 11.6 Å². The number of H-pyrrole nitrogens is 1. The Morgan fingerprint density at radius 2 is 2.31 bits per heavy atom. The third-order valence-corrected chi connectivity index (χ3v) is 2.16. The van der Waals surface area contributed by atoms with Crippen molar-refractivity contribution in [2.24, 2.45) is 0 Å². The number of pyridine rings is 1. The van der Waals surface area contributed by atoms with E-state index in [-0.39, 0.29) is 11.5 Å². The zero-order valence-corrected chi connectivity index (χ0v) is 9.40. The number of nitrogens with one attached hydrogen (secondary N) is 1. The van der Waals surface area contributed by atoms with Gasteiger partial charge in [0, 0.05) is 25.4 Å². The molecule has 0 aliphatic carbocycles. The van der Waals surface area contributed by atoms with Gasteiger partial charge in [0.15, 0.2) is 0 Å². The molecule has 0 radical (unpaired) electrons. The smallest absolute Gasteiger partial charge is 0.255 e. The molecule has 1 N–H and O–H groups in total. The fourth-order valence-corrected chi connectivity index (χ4v) is 1.43. The van der Waals surface area contributed by atoms with Gasteiger partial charge < -0.3 is 9.88 Å². The minimum atomic E-state index is -0.206. The van der Waals surface area contributed by atoms with Gasteiger partial charge in [-0.3, -0.25) is 9.59 Å². The van der Waals surface area contributed by atoms with Crippen LogP contribution in [0.2, 0.25) is 0 Å². The second-order valence-corrected chi connectivity index (χ2v) is 3.48. The number of aromatic nitrogens is 1. The van der Waals surface area contributed by atoms with Crippen LogP contribution in [-0.4, -0.2) is 28.9 Å². The molecule has 86 valence electrons. The molecule has 0 unspecified atom stereocenters. The van der Waals surface area contributed by atoms with E-state index in [1.54, 1.807) is 11.0 Å². The second-order valence-electron chi connectivity index (χ2n) is 3.48. The zero-order valence-electron chi connectivity index (χ0n) is 9.40. The summed E-state index contributed by atoms with van der Waals surface area (Å²) in [4.78, 5) is 27.0. The lowest BCUT2D eigenvalue weighted by molar-refractivity contribution is 0.0773. The zero-order chi connectivity index (χ0) is 12.0. The number of nitrogens with zero attached hydrogens (tertiary/aromatic N) is 1. The summed E-state index contributed by atoms with van der Waals surface area (Å²) in [6.07, 6.45) is 4.03. The summed E-state index contributed by atoms with van der Waals surface area (Å²) < 4.78 is 0. The van der Waals surface area contributed by atoms with E-state index in [9.17, 15) is 9.59 Å². The van der Waals surface area contributed by atoms with Crippen molar-refractivity contribution in [3.05, 3.63) is 46.9 Å². The minimum absolute atomic E-state index is 0.0852. The lowest BCUT2D eigenvalue weighted by Gasteiger charge is -2.20. The van der Waals surface area contributed by atoms with Crippen LogP contribution >= 0.6 is 0 Å². The van der Waals surface area contributed by atoms with Crippen LogP contribution in [0, 0.1) is 0 Å². The van der Waals surface area contributed by atoms with Crippen molar-refractivity contribution in [1.82, 2.24) is 9.88 Å². The Morgan fingerprint density at radius 3 is 2.81 bits per heavy atom. The summed E-state index contributed by atoms with van der Waals surface area (Å²) in [7, 11) is 0. The van der Waals surface area contributed by atoms with Gasteiger partial charge in [-0.2, -0.15) is 0 Å². The minimum Gasteiger partial charge on any atom is -0.335 e. The standard InChI is InChI=1S/C12H16N2O2/c1-3-7-14(8-4-2)12(16)10-5-6-11(15)13-9-10/h3,5-6,9H,1,4,7-8H2,2H3,(H,13,15). The maximum Gasteiger partial charge on any atom is 0.255 e. The Balaban J connectivity index is 2.84. The van der Waals surface area contributed by atoms with E-state index in [0.717, 1.165) is 6.42 Å². The Bertz CT molecular complexity index is 403. The summed E-state index contributed by atoms with van der Waals surface area (Å²) in [6.45, 7) is 6.84. The SMILES string of the molecule is C=CCN(CCC)C(=O)c1ccc(=O)[nH]c1. The average molecular weight is 220 g/mol. The van der Waals surface area contributed by atoms with Gasteiger partial charge >= 0.3 is 0 Å². The van der Waals surface area contributed by atoms with E-state index in [1.807, 2.05) is 6.92 Å². The van der Waals surface area contributed by atoms with Crippen molar-refractivity contribution in [2.75, 3.05) is 13.1 Å². The number of aromatic amines is 1. The normalized spacial score (nSPS) is 9.81. The molecule has 1 heterocycles. The highest BCUT2D eigenvalue weighted by Gasteiger charge is 2.13. The van der Waals surface area contributed by atoms with Crippen molar-refractivity contribution >= 4 is 5.91 Å². The fraction of sp³-hybridized carbons (Fsp3) is 0.333. The van der Waals surface area contributed by atoms with Crippen molar-refractivity contribution in [1.29, 1.82) is 0 Å². The molecule has 0 aromatic carbocycles. The van der Waals surface area contributed by atoms with Gasteiger partial charge in [-0.25, -0.2) is 0 Å². The first kappa shape index (κ1) is 12.2. The molecule has 0 atom stereocenters. The number of hydrogen-bond donors (Lipinski definition) is 1. The fourth-order valence-electron chi connectivity index (χ4n) is 1.43. The summed E-state index contributed by atoms with van der Waals surface area (Å²) in [5.74, 6) is -0.0852. The van der Waals surface area contributed by atoms with E-state index in [4.69, 9.17) is 0 Å². The van der Waals surface area contributed by atoms with Crippen LogP contribution < -0.4 is 5.56 Å². The first-order chi connectivity index (χ1) is 7.69. The Hall–Kier alpha value is -1.84. The van der Waals surface area contributed by atoms with Gasteiger partial charge in [0.1, 0.15) is 0 Å². The van der Waals surface area contributed by atoms with E-state index < -0.39 is 0 Å². The molecule has 0 spiro atoms. The monoisotopic (exact) mass is 220 g/mol. The molecule has 0 saturated heterocycles. The quantitative estimate of drug-likeness (QED) is 0.763. The van der Waals surface area contributed by atoms with Crippen LogP contribution in [0.1, 0.15) is 23.7 Å². The van der Waals surface area contributed by atoms with Gasteiger partial charge in [0.25, 0.3) is 5.91 Å². The number of carbonyl (C=O) groups excluding carboxylic acids is 1. The predicted octanol–water partition coefficient (Wildman–Crippen LogP) is 1.41. The Labute approximate surface area is 94.6 Å². The van der Waals surface area contributed by atoms with Gasteiger partial charge in [-0.05, 0) is 12.5 Å². The highest BCUT2D eigenvalue weighted by atomic mass is 16.2. The van der Waals surface area contributed by atoms with E-state index in [0.29, 0.717) is 18.7 Å². The molecule has 1 rings (SSSR count). The molecule has 0 saturated carbocycles. The largest absolute Gasteiger partial charge is 0.335 e. The molecule has 1 aromatic heterocycles. The van der Waals surface area contributed by atoms with Gasteiger partial charge in [-0.15, -0.1) is 6.58 Å². The number of carbonyl (C=O) groups is 1. The van der Waals surface area contributed by atoms with Crippen molar-refractivity contribution in [2.45, 2.75) is 13.3 Å². The summed E-state index contributed by atoms with van der Waals surface area (Å²) in [5.41, 5.74) is 0.289. The second kappa shape index (κ2) is 5.90. The molecule has 0 fully saturated rings. The lowest BCUT2D eigenvalue weighted by atomic mass is 10.2. The highest BCUT2D eigenvalue weighted by molar-refractivity contribution is 5.93. The molecule has 4 nitrogen and oxygen atoms in total. The average Bonchev–Trinajstić information content (AvgIpc) is 2.29. The van der Waals surface area contributed by atoms with Crippen LogP contribution in [0.15, 0.2) is 35.8 Å². The third kappa shape index (κ3) is 3.08. The first-order valence-electron chi connectivity index (χ1n) is 5.28. The van der Waals surface area contributed by atoms with Gasteiger partial charge in [-0.1, -0.05) is 13.0 Å². The van der Waals surface area contributed by atoms with Crippen LogP contribution in [-0.2, 0) is 0 Å². The van der Waals surface area contributed by atoms with E-state index >= 15 is 0 Å². The summed E-state index contributed by atoms with van der Waals surface area (Å²) >= 11 is 0. The predicted molar refractivity (Wildman–Crippen MR) is 63.5 cm³/mol. The number of amides is 1. The maximum atomic E-state index is 12.0. The molecule has 0 aliphatic rings. The third-order valence-electron chi connectivity index (χ3n) is 2.16. The van der Waals surface area contributed by atoms with Gasteiger partial charge in [0.05, 0.1) is 5.56 Å². The van der Waals surface area contributed by atoms with Crippen molar-refractivity contribution in [3.8, 4) is 0 Å².